The smallest absolute Gasteiger partial charge is 0.271 e. The molecule has 0 N–H and O–H groups in total. The number of benzene rings is 1. The van der Waals surface area contributed by atoms with Crippen LogP contribution in [0.4, 0.5) is 11.4 Å². The minimum Gasteiger partial charge on any atom is -0.478 e. The third-order valence-corrected chi connectivity index (χ3v) is 4.63. The van der Waals surface area contributed by atoms with Gasteiger partial charge in [0.2, 0.25) is 5.91 Å². The van der Waals surface area contributed by atoms with Gasteiger partial charge in [0, 0.05) is 25.2 Å². The van der Waals surface area contributed by atoms with Crippen molar-refractivity contribution in [3.63, 3.8) is 0 Å². The van der Waals surface area contributed by atoms with E-state index in [1.807, 2.05) is 6.92 Å². The molecule has 1 atom stereocenters. The van der Waals surface area contributed by atoms with Crippen LogP contribution in [0.2, 0.25) is 0 Å². The first kappa shape index (κ1) is 17.2. The second-order valence-corrected chi connectivity index (χ2v) is 6.29. The summed E-state index contributed by atoms with van der Waals surface area (Å²) in [4.78, 5) is 38.9. The fourth-order valence-electron chi connectivity index (χ4n) is 3.23. The summed E-state index contributed by atoms with van der Waals surface area (Å²) >= 11 is 0. The van der Waals surface area contributed by atoms with E-state index in [4.69, 9.17) is 4.74 Å². The van der Waals surface area contributed by atoms with Gasteiger partial charge in [-0.25, -0.2) is 0 Å². The van der Waals surface area contributed by atoms with E-state index in [2.05, 4.69) is 0 Å². The number of piperidine rings is 1. The summed E-state index contributed by atoms with van der Waals surface area (Å²) in [5, 5.41) is 11.1. The molecule has 25 heavy (non-hydrogen) atoms. The number of hydrogen-bond acceptors (Lipinski definition) is 5. The number of nitro groups is 1. The number of fused-ring (bicyclic) bond motifs is 1. The summed E-state index contributed by atoms with van der Waals surface area (Å²) in [5.74, 6) is -0.0772. The Morgan fingerprint density at radius 1 is 1.32 bits per heavy atom. The van der Waals surface area contributed by atoms with Gasteiger partial charge in [-0.3, -0.25) is 24.6 Å². The van der Waals surface area contributed by atoms with E-state index in [9.17, 15) is 19.7 Å². The average molecular weight is 347 g/mol. The summed E-state index contributed by atoms with van der Waals surface area (Å²) in [5.41, 5.74) is 0.148. The molecule has 1 fully saturated rings. The van der Waals surface area contributed by atoms with E-state index in [0.717, 1.165) is 19.3 Å². The van der Waals surface area contributed by atoms with Crippen LogP contribution in [0, 0.1) is 10.1 Å². The highest BCUT2D eigenvalue weighted by molar-refractivity contribution is 6.04. The lowest BCUT2D eigenvalue weighted by molar-refractivity contribution is -0.384. The monoisotopic (exact) mass is 347 g/mol. The van der Waals surface area contributed by atoms with E-state index >= 15 is 0 Å². The molecule has 2 aliphatic heterocycles. The van der Waals surface area contributed by atoms with E-state index in [0.29, 0.717) is 25.3 Å². The predicted molar refractivity (Wildman–Crippen MR) is 90.6 cm³/mol. The van der Waals surface area contributed by atoms with Crippen molar-refractivity contribution in [3.05, 3.63) is 28.3 Å². The molecule has 0 aromatic heterocycles. The maximum Gasteiger partial charge on any atom is 0.271 e. The highest BCUT2D eigenvalue weighted by Crippen LogP contribution is 2.37. The number of nitrogens with zero attached hydrogens (tertiary/aromatic N) is 3. The molecule has 134 valence electrons. The fourth-order valence-corrected chi connectivity index (χ4v) is 3.23. The molecule has 2 amide bonds. The topological polar surface area (TPSA) is 93.0 Å². The Morgan fingerprint density at radius 2 is 2.04 bits per heavy atom. The van der Waals surface area contributed by atoms with Gasteiger partial charge < -0.3 is 9.64 Å². The van der Waals surface area contributed by atoms with Crippen molar-refractivity contribution in [2.75, 3.05) is 24.5 Å². The van der Waals surface area contributed by atoms with Gasteiger partial charge in [-0.1, -0.05) is 6.92 Å². The lowest BCUT2D eigenvalue weighted by Gasteiger charge is -2.35. The molecular formula is C17H21N3O5. The Labute approximate surface area is 145 Å². The Balaban J connectivity index is 1.90. The Hall–Kier alpha value is -2.64. The van der Waals surface area contributed by atoms with Gasteiger partial charge in [-0.2, -0.15) is 0 Å². The number of ether oxygens (including phenoxy) is 1. The molecule has 0 saturated carbocycles. The molecular weight excluding hydrogens is 326 g/mol. The van der Waals surface area contributed by atoms with E-state index < -0.39 is 11.0 Å². The van der Waals surface area contributed by atoms with Crippen molar-refractivity contribution in [2.45, 2.75) is 38.7 Å². The number of nitro benzene ring substituents is 1. The quantitative estimate of drug-likeness (QED) is 0.614. The van der Waals surface area contributed by atoms with Gasteiger partial charge >= 0.3 is 0 Å². The van der Waals surface area contributed by atoms with Crippen LogP contribution < -0.4 is 9.64 Å². The van der Waals surface area contributed by atoms with Gasteiger partial charge in [0.1, 0.15) is 12.3 Å². The number of non-ortho nitro benzene ring substituents is 1. The molecule has 0 radical (unpaired) electrons. The van der Waals surface area contributed by atoms with E-state index in [-0.39, 0.29) is 29.7 Å². The largest absolute Gasteiger partial charge is 0.478 e. The maximum absolute atomic E-state index is 12.7. The minimum absolute atomic E-state index is 0.118. The molecule has 0 bridgehead atoms. The number of carbonyl (C=O) groups is 2. The molecule has 1 aromatic carbocycles. The summed E-state index contributed by atoms with van der Waals surface area (Å²) in [6.07, 6.45) is 2.81. The summed E-state index contributed by atoms with van der Waals surface area (Å²) < 4.78 is 5.65. The Kier molecular flexibility index (Phi) is 4.87. The number of anilines is 1. The fraction of sp³-hybridized carbons (Fsp3) is 0.529. The van der Waals surface area contributed by atoms with Crippen LogP contribution >= 0.6 is 0 Å². The molecule has 8 nitrogen and oxygen atoms in total. The zero-order valence-corrected chi connectivity index (χ0v) is 14.1. The van der Waals surface area contributed by atoms with Crippen LogP contribution in [-0.2, 0) is 9.59 Å². The van der Waals surface area contributed by atoms with Crippen molar-refractivity contribution in [3.8, 4) is 5.75 Å². The molecule has 3 rings (SSSR count). The van der Waals surface area contributed by atoms with Gasteiger partial charge in [-0.05, 0) is 31.7 Å². The van der Waals surface area contributed by atoms with Crippen molar-refractivity contribution in [2.24, 2.45) is 0 Å². The molecule has 1 saturated heterocycles. The zero-order valence-electron chi connectivity index (χ0n) is 14.1. The zero-order chi connectivity index (χ0) is 18.0. The second kappa shape index (κ2) is 7.08. The van der Waals surface area contributed by atoms with Crippen LogP contribution in [0.25, 0.3) is 0 Å². The van der Waals surface area contributed by atoms with Crippen molar-refractivity contribution >= 4 is 23.2 Å². The molecule has 2 aliphatic rings. The number of likely N-dealkylation sites (tertiary alicyclic amines) is 1. The lowest BCUT2D eigenvalue weighted by Crippen LogP contribution is -2.51. The number of hydrogen-bond donors (Lipinski definition) is 0. The van der Waals surface area contributed by atoms with Crippen molar-refractivity contribution in [1.29, 1.82) is 0 Å². The third-order valence-electron chi connectivity index (χ3n) is 4.63. The van der Waals surface area contributed by atoms with Crippen molar-refractivity contribution in [1.82, 2.24) is 4.90 Å². The van der Waals surface area contributed by atoms with Crippen LogP contribution in [0.1, 0.15) is 32.6 Å². The first-order valence-electron chi connectivity index (χ1n) is 8.55. The molecule has 0 spiro atoms. The molecule has 2 heterocycles. The number of rotatable bonds is 4. The molecule has 0 aliphatic carbocycles. The SMILES string of the molecule is CCC1Oc2ccc([N+](=O)[O-])cc2N(CC(=O)N2CCCCC2)C1=O. The predicted octanol–water partition coefficient (Wildman–Crippen LogP) is 2.11. The Bertz CT molecular complexity index is 700. The van der Waals surface area contributed by atoms with Crippen molar-refractivity contribution < 1.29 is 19.2 Å². The van der Waals surface area contributed by atoms with Crippen LogP contribution in [0.3, 0.4) is 0 Å². The van der Waals surface area contributed by atoms with Gasteiger partial charge in [0.05, 0.1) is 10.6 Å². The number of amides is 2. The molecule has 1 aromatic rings. The molecule has 1 unspecified atom stereocenters. The maximum atomic E-state index is 12.7. The van der Waals surface area contributed by atoms with Gasteiger partial charge in [0.25, 0.3) is 11.6 Å². The Morgan fingerprint density at radius 3 is 2.68 bits per heavy atom. The van der Waals surface area contributed by atoms with Gasteiger partial charge in [0.15, 0.2) is 6.10 Å². The normalized spacial score (nSPS) is 20.0. The molecule has 8 heteroatoms. The average Bonchev–Trinajstić information content (AvgIpc) is 2.63. The third kappa shape index (κ3) is 3.42. The second-order valence-electron chi connectivity index (χ2n) is 6.29. The lowest BCUT2D eigenvalue weighted by atomic mass is 10.1. The first-order chi connectivity index (χ1) is 12.0. The van der Waals surface area contributed by atoms with Gasteiger partial charge in [-0.15, -0.1) is 0 Å². The number of carbonyl (C=O) groups excluding carboxylic acids is 2. The van der Waals surface area contributed by atoms with E-state index in [1.165, 1.54) is 23.1 Å². The van der Waals surface area contributed by atoms with Crippen LogP contribution in [0.15, 0.2) is 18.2 Å². The highest BCUT2D eigenvalue weighted by Gasteiger charge is 2.36. The summed E-state index contributed by atoms with van der Waals surface area (Å²) in [6, 6.07) is 4.12. The summed E-state index contributed by atoms with van der Waals surface area (Å²) in [7, 11) is 0. The summed E-state index contributed by atoms with van der Waals surface area (Å²) in [6.45, 7) is 3.09. The van der Waals surface area contributed by atoms with E-state index in [1.54, 1.807) is 4.90 Å². The first-order valence-corrected chi connectivity index (χ1v) is 8.55. The minimum atomic E-state index is -0.678. The standard InChI is InChI=1S/C17H21N3O5/c1-2-14-17(22)19(11-16(21)18-8-4-3-5-9-18)13-10-12(20(23)24)6-7-15(13)25-14/h6-7,10,14H,2-5,8-9,11H2,1H3. The highest BCUT2D eigenvalue weighted by atomic mass is 16.6. The van der Waals surface area contributed by atoms with Crippen LogP contribution in [0.5, 0.6) is 5.75 Å². The van der Waals surface area contributed by atoms with Crippen LogP contribution in [-0.4, -0.2) is 47.4 Å².